The molecule has 3 aromatic rings. The van der Waals surface area contributed by atoms with E-state index in [1.807, 2.05) is 18.2 Å². The fourth-order valence-corrected chi connectivity index (χ4v) is 3.18. The Kier molecular flexibility index (Phi) is 6.70. The molecule has 0 N–H and O–H groups in total. The van der Waals surface area contributed by atoms with Gasteiger partial charge in [-0.1, -0.05) is 75.4 Å². The first-order valence-electron chi connectivity index (χ1n) is 9.95. The second-order valence-corrected chi connectivity index (χ2v) is 6.91. The summed E-state index contributed by atoms with van der Waals surface area (Å²) in [5, 5.41) is 4.15. The van der Waals surface area contributed by atoms with Crippen LogP contribution in [0.15, 0.2) is 51.4 Å². The lowest BCUT2D eigenvalue weighted by Crippen LogP contribution is -1.86. The van der Waals surface area contributed by atoms with Crippen molar-refractivity contribution in [1.29, 1.82) is 0 Å². The molecule has 0 amide bonds. The molecule has 1 aromatic carbocycles. The van der Waals surface area contributed by atoms with Gasteiger partial charge in [-0.25, -0.2) is 0 Å². The third-order valence-corrected chi connectivity index (χ3v) is 4.83. The molecule has 0 aliphatic heterocycles. The predicted molar refractivity (Wildman–Crippen MR) is 106 cm³/mol. The van der Waals surface area contributed by atoms with Gasteiger partial charge >= 0.3 is 0 Å². The van der Waals surface area contributed by atoms with E-state index in [2.05, 4.69) is 43.3 Å². The van der Waals surface area contributed by atoms with Gasteiger partial charge < -0.3 is 8.94 Å². The zero-order valence-electron chi connectivity index (χ0n) is 16.0. The molecule has 0 fully saturated rings. The molecule has 2 heterocycles. The lowest BCUT2D eigenvalue weighted by atomic mass is 10.0. The Balaban J connectivity index is 1.55. The van der Waals surface area contributed by atoms with E-state index >= 15 is 0 Å². The van der Waals surface area contributed by atoms with Crippen molar-refractivity contribution in [3.05, 3.63) is 53.8 Å². The summed E-state index contributed by atoms with van der Waals surface area (Å²) in [7, 11) is 0. The molecule has 0 saturated carbocycles. The van der Waals surface area contributed by atoms with Crippen LogP contribution in [0.4, 0.5) is 0 Å². The summed E-state index contributed by atoms with van der Waals surface area (Å²) < 4.78 is 11.3. The van der Waals surface area contributed by atoms with Gasteiger partial charge in [-0.05, 0) is 30.5 Å². The minimum absolute atomic E-state index is 0.746. The first kappa shape index (κ1) is 18.5. The van der Waals surface area contributed by atoms with E-state index in [4.69, 9.17) is 8.94 Å². The third-order valence-electron chi connectivity index (χ3n) is 4.83. The molecule has 0 aliphatic rings. The number of rotatable bonds is 10. The first-order valence-corrected chi connectivity index (χ1v) is 9.95. The number of benzene rings is 1. The second kappa shape index (κ2) is 9.42. The first-order chi connectivity index (χ1) is 12.8. The van der Waals surface area contributed by atoms with Gasteiger partial charge in [0.1, 0.15) is 11.5 Å². The van der Waals surface area contributed by atoms with Gasteiger partial charge in [-0.2, -0.15) is 0 Å². The summed E-state index contributed by atoms with van der Waals surface area (Å²) >= 11 is 0. The lowest BCUT2D eigenvalue weighted by molar-refractivity contribution is 0.430. The highest BCUT2D eigenvalue weighted by atomic mass is 16.5. The number of furan rings is 1. The number of aromatic nitrogens is 1. The Morgan fingerprint density at radius 2 is 1.58 bits per heavy atom. The van der Waals surface area contributed by atoms with Crippen LogP contribution in [-0.4, -0.2) is 5.16 Å². The Hall–Kier alpha value is -2.29. The summed E-state index contributed by atoms with van der Waals surface area (Å²) in [6, 6.07) is 14.5. The monoisotopic (exact) mass is 351 g/mol. The van der Waals surface area contributed by atoms with Crippen LogP contribution in [0.1, 0.15) is 63.7 Å². The van der Waals surface area contributed by atoms with Gasteiger partial charge in [0.05, 0.1) is 0 Å². The molecule has 138 valence electrons. The van der Waals surface area contributed by atoms with E-state index < -0.39 is 0 Å². The minimum atomic E-state index is 0.746. The highest BCUT2D eigenvalue weighted by Crippen LogP contribution is 2.27. The molecule has 0 aliphatic carbocycles. The van der Waals surface area contributed by atoms with E-state index in [0.717, 1.165) is 41.4 Å². The minimum Gasteiger partial charge on any atom is -0.459 e. The predicted octanol–water partition coefficient (Wildman–Crippen LogP) is 7.07. The summed E-state index contributed by atoms with van der Waals surface area (Å²) in [5.74, 6) is 2.50. The van der Waals surface area contributed by atoms with Crippen LogP contribution < -0.4 is 0 Å². The Morgan fingerprint density at radius 3 is 2.31 bits per heavy atom. The number of aryl methyl sites for hydroxylation is 2. The maximum Gasteiger partial charge on any atom is 0.167 e. The quantitative estimate of drug-likeness (QED) is 0.367. The summed E-state index contributed by atoms with van der Waals surface area (Å²) in [5.41, 5.74) is 3.19. The van der Waals surface area contributed by atoms with Crippen LogP contribution in [0.3, 0.4) is 0 Å². The molecule has 3 nitrogen and oxygen atoms in total. The average Bonchev–Trinajstić information content (AvgIpc) is 3.34. The summed E-state index contributed by atoms with van der Waals surface area (Å²) in [6.07, 6.45) is 10.0. The van der Waals surface area contributed by atoms with E-state index in [-0.39, 0.29) is 0 Å². The van der Waals surface area contributed by atoms with Crippen LogP contribution in [0.2, 0.25) is 0 Å². The number of unbranched alkanes of at least 4 members (excludes halogenated alkanes) is 5. The van der Waals surface area contributed by atoms with E-state index in [0.29, 0.717) is 0 Å². The molecule has 0 unspecified atom stereocenters. The average molecular weight is 351 g/mol. The molecule has 0 radical (unpaired) electrons. The zero-order chi connectivity index (χ0) is 18.2. The lowest BCUT2D eigenvalue weighted by Gasteiger charge is -2.03. The van der Waals surface area contributed by atoms with Crippen molar-refractivity contribution in [2.45, 2.75) is 65.2 Å². The molecular weight excluding hydrogens is 322 g/mol. The zero-order valence-corrected chi connectivity index (χ0v) is 16.0. The topological polar surface area (TPSA) is 39.2 Å². The maximum atomic E-state index is 5.74. The summed E-state index contributed by atoms with van der Waals surface area (Å²) in [4.78, 5) is 0. The summed E-state index contributed by atoms with van der Waals surface area (Å²) in [6.45, 7) is 4.33. The molecule has 3 heteroatoms. The van der Waals surface area contributed by atoms with Gasteiger partial charge in [0.25, 0.3) is 0 Å². The van der Waals surface area contributed by atoms with Crippen molar-refractivity contribution in [2.75, 3.05) is 0 Å². The van der Waals surface area contributed by atoms with Crippen LogP contribution in [-0.2, 0) is 12.8 Å². The van der Waals surface area contributed by atoms with Gasteiger partial charge in [0.15, 0.2) is 11.5 Å². The van der Waals surface area contributed by atoms with E-state index in [9.17, 15) is 0 Å². The highest BCUT2D eigenvalue weighted by Gasteiger charge is 2.11. The fraction of sp³-hybridized carbons (Fsp3) is 0.435. The standard InChI is InChI=1S/C23H29NO2/c1-3-5-6-7-8-9-10-18-11-13-19(14-12-18)23-17-21(24-26-23)22-16-15-20(4-2)25-22/h11-17H,3-10H2,1-2H3. The van der Waals surface area contributed by atoms with Crippen molar-refractivity contribution < 1.29 is 8.94 Å². The third kappa shape index (κ3) is 4.87. The van der Waals surface area contributed by atoms with Crippen molar-refractivity contribution in [3.8, 4) is 22.8 Å². The van der Waals surface area contributed by atoms with Crippen molar-refractivity contribution in [3.63, 3.8) is 0 Å². The number of hydrogen-bond acceptors (Lipinski definition) is 3. The largest absolute Gasteiger partial charge is 0.459 e. The van der Waals surface area contributed by atoms with E-state index in [1.165, 1.54) is 44.1 Å². The fourth-order valence-electron chi connectivity index (χ4n) is 3.18. The molecule has 0 bridgehead atoms. The SMILES string of the molecule is CCCCCCCCc1ccc(-c2cc(-c3ccc(CC)o3)no2)cc1. The van der Waals surface area contributed by atoms with Gasteiger partial charge in [-0.15, -0.1) is 0 Å². The Labute approximate surface area is 156 Å². The van der Waals surface area contributed by atoms with Crippen molar-refractivity contribution >= 4 is 0 Å². The maximum absolute atomic E-state index is 5.74. The molecule has 2 aromatic heterocycles. The van der Waals surface area contributed by atoms with E-state index in [1.54, 1.807) is 0 Å². The molecule has 0 spiro atoms. The Bertz CT molecular complexity index is 783. The van der Waals surface area contributed by atoms with Gasteiger partial charge in [0, 0.05) is 18.1 Å². The van der Waals surface area contributed by atoms with Crippen molar-refractivity contribution in [2.24, 2.45) is 0 Å². The van der Waals surface area contributed by atoms with Crippen molar-refractivity contribution in [1.82, 2.24) is 5.16 Å². The second-order valence-electron chi connectivity index (χ2n) is 6.91. The normalized spacial score (nSPS) is 11.2. The van der Waals surface area contributed by atoms with Crippen LogP contribution in [0, 0.1) is 0 Å². The highest BCUT2D eigenvalue weighted by molar-refractivity contribution is 5.64. The number of hydrogen-bond donors (Lipinski definition) is 0. The molecule has 0 saturated heterocycles. The van der Waals surface area contributed by atoms with Crippen LogP contribution >= 0.6 is 0 Å². The smallest absolute Gasteiger partial charge is 0.167 e. The van der Waals surface area contributed by atoms with Crippen LogP contribution in [0.25, 0.3) is 22.8 Å². The Morgan fingerprint density at radius 1 is 0.808 bits per heavy atom. The molecule has 26 heavy (non-hydrogen) atoms. The number of nitrogens with zero attached hydrogens (tertiary/aromatic N) is 1. The van der Waals surface area contributed by atoms with Crippen LogP contribution in [0.5, 0.6) is 0 Å². The van der Waals surface area contributed by atoms with Gasteiger partial charge in [0.2, 0.25) is 0 Å². The molecule has 3 rings (SSSR count). The molecule has 0 atom stereocenters. The van der Waals surface area contributed by atoms with Gasteiger partial charge in [-0.3, -0.25) is 0 Å². The molecular formula is C23H29NO2.